The summed E-state index contributed by atoms with van der Waals surface area (Å²) in [5, 5.41) is 13.5. The molecule has 0 aromatic carbocycles. The Morgan fingerprint density at radius 3 is 2.47 bits per heavy atom. The molecule has 13 heteroatoms. The van der Waals surface area contributed by atoms with Gasteiger partial charge in [0.15, 0.2) is 11.4 Å². The van der Waals surface area contributed by atoms with Crippen molar-refractivity contribution in [3.8, 4) is 11.1 Å². The highest BCUT2D eigenvalue weighted by atomic mass is 16.2. The molecule has 2 aliphatic rings. The van der Waals surface area contributed by atoms with E-state index in [9.17, 15) is 14.4 Å². The number of aromatic nitrogens is 7. The van der Waals surface area contributed by atoms with Crippen LogP contribution in [0.3, 0.4) is 0 Å². The summed E-state index contributed by atoms with van der Waals surface area (Å²) in [4.78, 5) is 52.9. The summed E-state index contributed by atoms with van der Waals surface area (Å²) in [6.45, 7) is 1.48. The van der Waals surface area contributed by atoms with Crippen LogP contribution in [0.2, 0.25) is 0 Å². The number of aromatic amines is 1. The summed E-state index contributed by atoms with van der Waals surface area (Å²) in [5.41, 5.74) is 9.69. The zero-order chi connectivity index (χ0) is 26.6. The molecule has 38 heavy (non-hydrogen) atoms. The van der Waals surface area contributed by atoms with Crippen LogP contribution < -0.4 is 11.1 Å². The first kappa shape index (κ1) is 23.7. The predicted molar refractivity (Wildman–Crippen MR) is 135 cm³/mol. The Bertz CT molecular complexity index is 1550. The lowest BCUT2D eigenvalue weighted by molar-refractivity contribution is 0.0556. The monoisotopic (exact) mass is 514 g/mol. The molecule has 2 saturated heterocycles. The van der Waals surface area contributed by atoms with Gasteiger partial charge >= 0.3 is 0 Å². The largest absolute Gasteiger partial charge is 0.383 e. The minimum atomic E-state index is -0.283. The molecule has 194 valence electrons. The number of nitrogen functional groups attached to an aromatic ring is 1. The third-order valence-electron chi connectivity index (χ3n) is 7.56. The molecule has 3 atom stereocenters. The normalized spacial score (nSPS) is 20.6. The maximum atomic E-state index is 13.1. The Morgan fingerprint density at radius 2 is 1.87 bits per heavy atom. The number of nitrogens with one attached hydrogen (secondary N) is 2. The van der Waals surface area contributed by atoms with Gasteiger partial charge < -0.3 is 16.0 Å². The van der Waals surface area contributed by atoms with Crippen molar-refractivity contribution >= 4 is 29.1 Å². The molecule has 6 rings (SSSR count). The summed E-state index contributed by atoms with van der Waals surface area (Å²) in [6.07, 6.45) is 7.66. The first-order valence-electron chi connectivity index (χ1n) is 12.4. The zero-order valence-electron chi connectivity index (χ0n) is 20.9. The second kappa shape index (κ2) is 9.01. The van der Waals surface area contributed by atoms with Crippen LogP contribution in [0.15, 0.2) is 30.9 Å². The van der Waals surface area contributed by atoms with Gasteiger partial charge in [-0.3, -0.25) is 24.5 Å². The van der Waals surface area contributed by atoms with Gasteiger partial charge in [0.25, 0.3) is 11.8 Å². The van der Waals surface area contributed by atoms with Crippen molar-refractivity contribution < 1.29 is 14.4 Å². The molecule has 0 aliphatic carbocycles. The molecular weight excluding hydrogens is 488 g/mol. The van der Waals surface area contributed by atoms with Gasteiger partial charge in [-0.2, -0.15) is 9.61 Å². The van der Waals surface area contributed by atoms with E-state index in [2.05, 4.69) is 30.6 Å². The topological polar surface area (TPSA) is 177 Å². The van der Waals surface area contributed by atoms with E-state index in [0.717, 1.165) is 12.8 Å². The Morgan fingerprint density at radius 1 is 1.11 bits per heavy atom. The molecule has 2 fully saturated rings. The van der Waals surface area contributed by atoms with E-state index in [4.69, 9.17) is 10.7 Å². The fourth-order valence-corrected chi connectivity index (χ4v) is 5.87. The number of rotatable bonds is 5. The van der Waals surface area contributed by atoms with Gasteiger partial charge in [-0.1, -0.05) is 6.07 Å². The smallest absolute Gasteiger partial charge is 0.294 e. The molecule has 1 unspecified atom stereocenters. The van der Waals surface area contributed by atoms with Crippen molar-refractivity contribution in [1.82, 2.24) is 45.0 Å². The lowest BCUT2D eigenvalue weighted by atomic mass is 9.85. The van der Waals surface area contributed by atoms with Gasteiger partial charge in [-0.15, -0.1) is 5.10 Å². The van der Waals surface area contributed by atoms with Gasteiger partial charge in [-0.25, -0.2) is 9.97 Å². The highest BCUT2D eigenvalue weighted by Gasteiger charge is 2.46. The lowest BCUT2D eigenvalue weighted by Crippen LogP contribution is -2.46. The fourth-order valence-electron chi connectivity index (χ4n) is 5.87. The molecule has 4 aromatic heterocycles. The molecule has 0 spiro atoms. The van der Waals surface area contributed by atoms with Crippen LogP contribution in [0.1, 0.15) is 75.7 Å². The Labute approximate surface area is 216 Å². The number of piperidine rings is 1. The van der Waals surface area contributed by atoms with E-state index in [1.165, 1.54) is 17.8 Å². The maximum Gasteiger partial charge on any atom is 0.294 e. The zero-order valence-corrected chi connectivity index (χ0v) is 20.9. The van der Waals surface area contributed by atoms with E-state index >= 15 is 0 Å². The van der Waals surface area contributed by atoms with Crippen LogP contribution in [0.4, 0.5) is 5.82 Å². The van der Waals surface area contributed by atoms with Gasteiger partial charge in [0.05, 0.1) is 17.5 Å². The van der Waals surface area contributed by atoms with Gasteiger partial charge in [0, 0.05) is 42.4 Å². The second-order valence-electron chi connectivity index (χ2n) is 9.71. The number of ketones is 1. The third-order valence-corrected chi connectivity index (χ3v) is 7.56. The molecular formula is C25H26N10O3. The molecule has 0 radical (unpaired) electrons. The number of hydrogen-bond donors (Lipinski definition) is 3. The summed E-state index contributed by atoms with van der Waals surface area (Å²) < 4.78 is 1.47. The highest BCUT2D eigenvalue weighted by molar-refractivity contribution is 6.00. The van der Waals surface area contributed by atoms with Gasteiger partial charge in [-0.05, 0) is 38.7 Å². The predicted octanol–water partition coefficient (Wildman–Crippen LogP) is 1.60. The fraction of sp³-hybridized carbons (Fsp3) is 0.360. The molecule has 0 saturated carbocycles. The van der Waals surface area contributed by atoms with E-state index in [1.807, 2.05) is 4.90 Å². The van der Waals surface area contributed by atoms with E-state index in [0.29, 0.717) is 46.6 Å². The number of H-pyrrole nitrogens is 1. The van der Waals surface area contributed by atoms with Gasteiger partial charge in [0.1, 0.15) is 17.8 Å². The molecule has 4 N–H and O–H groups in total. The van der Waals surface area contributed by atoms with Crippen LogP contribution in [-0.2, 0) is 0 Å². The minimum absolute atomic E-state index is 0.00496. The number of carbonyl (C=O) groups is 3. The van der Waals surface area contributed by atoms with E-state index < -0.39 is 0 Å². The van der Waals surface area contributed by atoms with Crippen molar-refractivity contribution in [2.75, 3.05) is 12.8 Å². The van der Waals surface area contributed by atoms with Gasteiger partial charge in [0.2, 0.25) is 5.82 Å². The number of nitrogens with two attached hydrogens (primary N) is 1. The number of carbonyl (C=O) groups excluding carboxylic acids is 3. The number of Topliss-reactive ketones (excluding diaryl/α,β-unsaturated/α-hetero) is 1. The quantitative estimate of drug-likeness (QED) is 0.334. The molecule has 2 bridgehead atoms. The summed E-state index contributed by atoms with van der Waals surface area (Å²) >= 11 is 0. The molecule has 6 heterocycles. The molecule has 13 nitrogen and oxygen atoms in total. The van der Waals surface area contributed by atoms with Crippen LogP contribution in [0.25, 0.3) is 16.8 Å². The first-order chi connectivity index (χ1) is 18.4. The number of amides is 2. The van der Waals surface area contributed by atoms with Crippen molar-refractivity contribution in [3.63, 3.8) is 0 Å². The number of hydrogen-bond acceptors (Lipinski definition) is 9. The first-order valence-corrected chi connectivity index (χ1v) is 12.4. The van der Waals surface area contributed by atoms with Crippen molar-refractivity contribution in [2.45, 2.75) is 50.6 Å². The number of nitrogens with zero attached hydrogens (tertiary/aromatic N) is 7. The lowest BCUT2D eigenvalue weighted by Gasteiger charge is -2.38. The van der Waals surface area contributed by atoms with E-state index in [1.54, 1.807) is 31.6 Å². The van der Waals surface area contributed by atoms with Crippen molar-refractivity contribution in [1.29, 1.82) is 0 Å². The van der Waals surface area contributed by atoms with Crippen LogP contribution in [0.5, 0.6) is 0 Å². The Hall–Kier alpha value is -4.68. The number of anilines is 1. The minimum Gasteiger partial charge on any atom is -0.383 e. The third kappa shape index (κ3) is 3.69. The second-order valence-corrected chi connectivity index (χ2v) is 9.71. The van der Waals surface area contributed by atoms with Crippen molar-refractivity contribution in [3.05, 3.63) is 53.6 Å². The highest BCUT2D eigenvalue weighted by Crippen LogP contribution is 2.45. The van der Waals surface area contributed by atoms with Crippen LogP contribution in [0, 0.1) is 0 Å². The number of pyridine rings is 1. The van der Waals surface area contributed by atoms with E-state index in [-0.39, 0.29) is 47.2 Å². The average Bonchev–Trinajstić information content (AvgIpc) is 3.66. The Balaban J connectivity index is 1.39. The average molecular weight is 515 g/mol. The Kier molecular flexibility index (Phi) is 5.62. The molecule has 2 aliphatic heterocycles. The van der Waals surface area contributed by atoms with Crippen LogP contribution in [-0.4, -0.2) is 76.4 Å². The SMILES string of the molecule is CNC(=O)c1ccc(-c2cnn3c(N)c(C(C)=O)c([C@@H]4CC5CC[C@@H](C4)N5C(=O)c4nc[nH]n4)nc23)cn1. The molecule has 4 aromatic rings. The standard InChI is InChI=1S/C25H26N10O3/c1-12(36)19-20(14-7-15-4-5-16(8-14)34(15)25(38)22-29-11-30-33-22)32-23-17(10-31-35(23)21(19)26)13-3-6-18(28-9-13)24(37)27-2/h3,6,9-11,14-16H,4-5,7-8,26H2,1-2H3,(H,27,37)(H,29,30,33)/t14-,15-,16?/m0/s1. The van der Waals surface area contributed by atoms with Crippen molar-refractivity contribution in [2.24, 2.45) is 0 Å². The molecule has 2 amide bonds. The number of fused-ring (bicyclic) bond motifs is 3. The summed E-state index contributed by atoms with van der Waals surface area (Å²) in [6, 6.07) is 3.40. The maximum absolute atomic E-state index is 13.1. The summed E-state index contributed by atoms with van der Waals surface area (Å²) in [5.74, 6) is -0.329. The van der Waals surface area contributed by atoms with Crippen LogP contribution >= 0.6 is 0 Å². The summed E-state index contributed by atoms with van der Waals surface area (Å²) in [7, 11) is 1.55.